The molecule has 0 aromatic carbocycles. The summed E-state index contributed by atoms with van der Waals surface area (Å²) in [6.45, 7) is 8.35. The molecule has 1 saturated carbocycles. The lowest BCUT2D eigenvalue weighted by molar-refractivity contribution is -0.128. The Hall–Kier alpha value is -3.10. The number of nitrogens with one attached hydrogen (secondary N) is 1. The summed E-state index contributed by atoms with van der Waals surface area (Å²) in [5.74, 6) is -1.06. The molecule has 0 spiro atoms. The Balaban J connectivity index is 1.77. The lowest BCUT2D eigenvalue weighted by atomic mass is 10.2. The molecule has 2 fully saturated rings. The molecule has 2 atom stereocenters. The smallest absolute Gasteiger partial charge is 0.270 e. The number of amides is 2. The maximum Gasteiger partial charge on any atom is 0.270 e. The average molecular weight is 442 g/mol. The topological polar surface area (TPSA) is 109 Å². The number of likely N-dealkylation sites (tertiary alicyclic amines) is 1. The minimum absolute atomic E-state index is 0.0491. The number of aromatic nitrogens is 3. The number of carbonyl (C=O) groups excluding carboxylic acids is 2. The van der Waals surface area contributed by atoms with Crippen LogP contribution in [0.2, 0.25) is 0 Å². The lowest BCUT2D eigenvalue weighted by Crippen LogP contribution is -2.37. The van der Waals surface area contributed by atoms with Gasteiger partial charge in [-0.3, -0.25) is 19.0 Å². The molecule has 2 aromatic rings. The third-order valence-electron chi connectivity index (χ3n) is 6.21. The Morgan fingerprint density at radius 1 is 1.22 bits per heavy atom. The van der Waals surface area contributed by atoms with Gasteiger partial charge in [0.1, 0.15) is 5.65 Å². The second kappa shape index (κ2) is 8.44. The summed E-state index contributed by atoms with van der Waals surface area (Å²) in [6.07, 6.45) is 8.30. The number of nitrogens with zero attached hydrogens (tertiary/aromatic N) is 4. The summed E-state index contributed by atoms with van der Waals surface area (Å²) in [6, 6.07) is 0.413. The SMILES string of the molecule is CC(C)Cn1c(=O)c(C(=O)NC2CC2)c(O)n2ncc(/C=C/C(=O)N3[C@H](C)CC[C@H]3C)c12. The van der Waals surface area contributed by atoms with Gasteiger partial charge in [-0.05, 0) is 51.5 Å². The fourth-order valence-corrected chi connectivity index (χ4v) is 4.43. The molecule has 9 nitrogen and oxygen atoms in total. The van der Waals surface area contributed by atoms with E-state index in [1.807, 2.05) is 32.6 Å². The second-order valence-electron chi connectivity index (χ2n) is 9.45. The molecule has 9 heteroatoms. The van der Waals surface area contributed by atoms with Crippen molar-refractivity contribution in [2.75, 3.05) is 0 Å². The molecule has 2 aliphatic rings. The average Bonchev–Trinajstić information content (AvgIpc) is 3.32. The predicted molar refractivity (Wildman–Crippen MR) is 120 cm³/mol. The van der Waals surface area contributed by atoms with Crippen LogP contribution in [0.4, 0.5) is 0 Å². The Morgan fingerprint density at radius 3 is 2.47 bits per heavy atom. The molecule has 4 rings (SSSR count). The van der Waals surface area contributed by atoms with Crippen LogP contribution in [-0.2, 0) is 11.3 Å². The van der Waals surface area contributed by atoms with Crippen molar-refractivity contribution in [1.82, 2.24) is 24.4 Å². The summed E-state index contributed by atoms with van der Waals surface area (Å²) in [7, 11) is 0. The van der Waals surface area contributed by atoms with E-state index in [2.05, 4.69) is 10.4 Å². The van der Waals surface area contributed by atoms with E-state index in [0.29, 0.717) is 17.8 Å². The van der Waals surface area contributed by atoms with Crippen molar-refractivity contribution in [2.24, 2.45) is 5.92 Å². The van der Waals surface area contributed by atoms with Gasteiger partial charge in [0.2, 0.25) is 11.8 Å². The summed E-state index contributed by atoms with van der Waals surface area (Å²) in [4.78, 5) is 40.6. The largest absolute Gasteiger partial charge is 0.492 e. The quantitative estimate of drug-likeness (QED) is 0.668. The maximum absolute atomic E-state index is 13.3. The van der Waals surface area contributed by atoms with E-state index < -0.39 is 17.3 Å². The molecule has 0 radical (unpaired) electrons. The monoisotopic (exact) mass is 441 g/mol. The highest BCUT2D eigenvalue weighted by Gasteiger charge is 2.31. The molecule has 32 heavy (non-hydrogen) atoms. The Morgan fingerprint density at radius 2 is 1.88 bits per heavy atom. The van der Waals surface area contributed by atoms with E-state index >= 15 is 0 Å². The normalized spacial score (nSPS) is 21.2. The first-order chi connectivity index (χ1) is 15.2. The van der Waals surface area contributed by atoms with Crippen LogP contribution < -0.4 is 10.9 Å². The van der Waals surface area contributed by atoms with Crippen LogP contribution in [-0.4, -0.2) is 54.1 Å². The van der Waals surface area contributed by atoms with Crippen molar-refractivity contribution in [3.05, 3.63) is 33.8 Å². The maximum atomic E-state index is 13.3. The molecule has 1 aliphatic carbocycles. The molecular weight excluding hydrogens is 410 g/mol. The Bertz CT molecular complexity index is 1130. The van der Waals surface area contributed by atoms with Gasteiger partial charge in [0.25, 0.3) is 11.5 Å². The first-order valence-electron chi connectivity index (χ1n) is 11.3. The van der Waals surface area contributed by atoms with E-state index in [0.717, 1.165) is 25.7 Å². The molecule has 0 bridgehead atoms. The second-order valence-corrected chi connectivity index (χ2v) is 9.45. The van der Waals surface area contributed by atoms with E-state index in [1.165, 1.54) is 21.4 Å². The van der Waals surface area contributed by atoms with E-state index in [9.17, 15) is 19.5 Å². The molecule has 1 saturated heterocycles. The number of hydrogen-bond acceptors (Lipinski definition) is 5. The van der Waals surface area contributed by atoms with Crippen LogP contribution in [0.15, 0.2) is 17.1 Å². The molecule has 1 aliphatic heterocycles. The van der Waals surface area contributed by atoms with Gasteiger partial charge in [-0.25, -0.2) is 0 Å². The van der Waals surface area contributed by atoms with Crippen LogP contribution in [0, 0.1) is 5.92 Å². The van der Waals surface area contributed by atoms with Gasteiger partial charge in [0, 0.05) is 36.3 Å². The Labute approximate surface area is 186 Å². The zero-order valence-electron chi connectivity index (χ0n) is 19.0. The minimum atomic E-state index is -0.589. The summed E-state index contributed by atoms with van der Waals surface area (Å²) < 4.78 is 2.67. The third kappa shape index (κ3) is 4.03. The van der Waals surface area contributed by atoms with Gasteiger partial charge < -0.3 is 15.3 Å². The number of aromatic hydroxyl groups is 1. The number of rotatable bonds is 6. The summed E-state index contributed by atoms with van der Waals surface area (Å²) >= 11 is 0. The third-order valence-corrected chi connectivity index (χ3v) is 6.21. The number of hydrogen-bond donors (Lipinski definition) is 2. The molecule has 2 aromatic heterocycles. The Kier molecular flexibility index (Phi) is 5.83. The number of fused-ring (bicyclic) bond motifs is 1. The lowest BCUT2D eigenvalue weighted by Gasteiger charge is -2.24. The fraction of sp³-hybridized carbons (Fsp3) is 0.565. The van der Waals surface area contributed by atoms with Crippen LogP contribution in [0.25, 0.3) is 11.7 Å². The van der Waals surface area contributed by atoms with Gasteiger partial charge in [-0.1, -0.05) is 13.8 Å². The van der Waals surface area contributed by atoms with Crippen molar-refractivity contribution in [3.63, 3.8) is 0 Å². The van der Waals surface area contributed by atoms with Crippen LogP contribution in [0.5, 0.6) is 5.88 Å². The zero-order valence-corrected chi connectivity index (χ0v) is 19.0. The van der Waals surface area contributed by atoms with Crippen molar-refractivity contribution >= 4 is 23.5 Å². The van der Waals surface area contributed by atoms with Gasteiger partial charge >= 0.3 is 0 Å². The van der Waals surface area contributed by atoms with Crippen molar-refractivity contribution in [1.29, 1.82) is 0 Å². The van der Waals surface area contributed by atoms with E-state index in [1.54, 1.807) is 6.08 Å². The standard InChI is InChI=1S/C23H31N5O4/c1-13(2)12-26-21-16(7-10-18(29)27-14(3)5-6-15(27)4)11-24-28(21)23(32)19(22(26)31)20(30)25-17-8-9-17/h7,10-11,13-15,17,32H,5-6,8-9,12H2,1-4H3,(H,25,30)/b10-7+/t14-,15-/m1/s1. The van der Waals surface area contributed by atoms with Crippen LogP contribution in [0.1, 0.15) is 69.3 Å². The van der Waals surface area contributed by atoms with Gasteiger partial charge in [0.15, 0.2) is 5.56 Å². The van der Waals surface area contributed by atoms with Crippen molar-refractivity contribution in [2.45, 2.75) is 78.0 Å². The molecule has 3 heterocycles. The summed E-state index contributed by atoms with van der Waals surface area (Å²) in [5, 5.41) is 17.7. The minimum Gasteiger partial charge on any atom is -0.492 e. The van der Waals surface area contributed by atoms with Gasteiger partial charge in [0.05, 0.1) is 6.20 Å². The van der Waals surface area contributed by atoms with Crippen LogP contribution in [0.3, 0.4) is 0 Å². The van der Waals surface area contributed by atoms with Crippen molar-refractivity contribution < 1.29 is 14.7 Å². The molecular formula is C23H31N5O4. The predicted octanol–water partition coefficient (Wildman–Crippen LogP) is 2.16. The highest BCUT2D eigenvalue weighted by atomic mass is 16.3. The zero-order chi connectivity index (χ0) is 23.2. The van der Waals surface area contributed by atoms with Gasteiger partial charge in [-0.2, -0.15) is 9.61 Å². The molecule has 172 valence electrons. The highest BCUT2D eigenvalue weighted by molar-refractivity contribution is 5.97. The molecule has 2 amide bonds. The molecule has 0 unspecified atom stereocenters. The summed E-state index contributed by atoms with van der Waals surface area (Å²) in [5.41, 5.74) is 0.0142. The first-order valence-corrected chi connectivity index (χ1v) is 11.3. The first kappa shape index (κ1) is 22.1. The van der Waals surface area contributed by atoms with Crippen molar-refractivity contribution in [3.8, 4) is 5.88 Å². The molecule has 2 N–H and O–H groups in total. The van der Waals surface area contributed by atoms with E-state index in [4.69, 9.17) is 0 Å². The number of carbonyl (C=O) groups is 2. The highest BCUT2D eigenvalue weighted by Crippen LogP contribution is 2.25. The van der Waals surface area contributed by atoms with Gasteiger partial charge in [-0.15, -0.1) is 0 Å². The van der Waals surface area contributed by atoms with E-state index in [-0.39, 0.29) is 35.5 Å². The fourth-order valence-electron chi connectivity index (χ4n) is 4.43. The van der Waals surface area contributed by atoms with Crippen LogP contribution >= 0.6 is 0 Å².